The Hall–Kier alpha value is -3.02. The molecule has 0 radical (unpaired) electrons. The molecule has 0 spiro atoms. The molecule has 0 fully saturated rings. The summed E-state index contributed by atoms with van der Waals surface area (Å²) in [5.41, 5.74) is 5.41. The second-order valence-corrected chi connectivity index (χ2v) is 5.46. The molecular weight excluding hydrogens is 290 g/mol. The van der Waals surface area contributed by atoms with Gasteiger partial charge in [0.2, 0.25) is 0 Å². The highest BCUT2D eigenvalue weighted by molar-refractivity contribution is 6.05. The van der Waals surface area contributed by atoms with E-state index in [0.29, 0.717) is 5.56 Å². The molecule has 0 saturated carbocycles. The molecule has 6 nitrogen and oxygen atoms in total. The molecule has 3 aromatic rings. The highest BCUT2D eigenvalue weighted by Crippen LogP contribution is 2.20. The van der Waals surface area contributed by atoms with Crippen LogP contribution >= 0.6 is 0 Å². The Morgan fingerprint density at radius 1 is 1.09 bits per heavy atom. The van der Waals surface area contributed by atoms with Crippen molar-refractivity contribution in [3.05, 3.63) is 65.0 Å². The van der Waals surface area contributed by atoms with Crippen LogP contribution in [0.5, 0.6) is 0 Å². The molecule has 6 heteroatoms. The van der Waals surface area contributed by atoms with Gasteiger partial charge in [0, 0.05) is 11.3 Å². The Balaban J connectivity index is 1.86. The first-order valence-electron chi connectivity index (χ1n) is 7.28. The fourth-order valence-electron chi connectivity index (χ4n) is 2.41. The topological polar surface area (TPSA) is 72.7 Å². The molecule has 0 bridgehead atoms. The van der Waals surface area contributed by atoms with Gasteiger partial charge in [0.25, 0.3) is 5.91 Å². The fourth-order valence-corrected chi connectivity index (χ4v) is 2.41. The van der Waals surface area contributed by atoms with E-state index >= 15 is 0 Å². The minimum atomic E-state index is -0.134. The zero-order valence-electron chi connectivity index (χ0n) is 13.2. The molecule has 3 rings (SSSR count). The number of nitrogens with zero attached hydrogens (tertiary/aromatic N) is 4. The standard InChI is InChI=1S/C17H17N5O/c1-11-5-4-6-15(13(11)3)19-17(23)14-7-8-16(12(2)9-14)22-10-18-20-21-22/h4-10H,1-3H3,(H,19,23). The molecule has 0 aliphatic heterocycles. The van der Waals surface area contributed by atoms with Gasteiger partial charge in [0.15, 0.2) is 0 Å². The summed E-state index contributed by atoms with van der Waals surface area (Å²) >= 11 is 0. The van der Waals surface area contributed by atoms with Crippen LogP contribution in [0.4, 0.5) is 5.69 Å². The van der Waals surface area contributed by atoms with E-state index in [1.165, 1.54) is 6.33 Å². The smallest absolute Gasteiger partial charge is 0.255 e. The number of carbonyl (C=O) groups excluding carboxylic acids is 1. The van der Waals surface area contributed by atoms with Gasteiger partial charge in [-0.05, 0) is 72.2 Å². The molecule has 1 N–H and O–H groups in total. The monoisotopic (exact) mass is 307 g/mol. The van der Waals surface area contributed by atoms with E-state index in [1.807, 2.05) is 51.1 Å². The number of rotatable bonds is 3. The lowest BCUT2D eigenvalue weighted by atomic mass is 10.1. The van der Waals surface area contributed by atoms with Crippen LogP contribution in [0.3, 0.4) is 0 Å². The van der Waals surface area contributed by atoms with Crippen molar-refractivity contribution in [1.82, 2.24) is 20.2 Å². The number of amides is 1. The van der Waals surface area contributed by atoms with Gasteiger partial charge in [0.05, 0.1) is 5.69 Å². The fraction of sp³-hybridized carbons (Fsp3) is 0.176. The summed E-state index contributed by atoms with van der Waals surface area (Å²) in [6, 6.07) is 11.3. The number of anilines is 1. The van der Waals surface area contributed by atoms with Crippen LogP contribution in [0, 0.1) is 20.8 Å². The zero-order valence-corrected chi connectivity index (χ0v) is 13.2. The highest BCUT2D eigenvalue weighted by atomic mass is 16.1. The minimum absolute atomic E-state index is 0.134. The molecule has 23 heavy (non-hydrogen) atoms. The molecule has 2 aromatic carbocycles. The minimum Gasteiger partial charge on any atom is -0.322 e. The third-order valence-electron chi connectivity index (χ3n) is 3.91. The molecule has 1 amide bonds. The molecule has 1 aromatic heterocycles. The lowest BCUT2D eigenvalue weighted by Gasteiger charge is -2.11. The van der Waals surface area contributed by atoms with E-state index in [9.17, 15) is 4.79 Å². The molecule has 0 unspecified atom stereocenters. The molecule has 0 atom stereocenters. The Bertz CT molecular complexity index is 855. The second kappa shape index (κ2) is 6.00. The molecule has 0 aliphatic carbocycles. The van der Waals surface area contributed by atoms with Crippen LogP contribution in [0.1, 0.15) is 27.0 Å². The maximum Gasteiger partial charge on any atom is 0.255 e. The Labute approximate surface area is 134 Å². The average Bonchev–Trinajstić information content (AvgIpc) is 3.05. The zero-order chi connectivity index (χ0) is 16.4. The van der Waals surface area contributed by atoms with Crippen LogP contribution < -0.4 is 5.32 Å². The molecule has 1 heterocycles. The summed E-state index contributed by atoms with van der Waals surface area (Å²) in [5, 5.41) is 14.1. The molecule has 0 saturated heterocycles. The van der Waals surface area contributed by atoms with Gasteiger partial charge in [0.1, 0.15) is 6.33 Å². The lowest BCUT2D eigenvalue weighted by Crippen LogP contribution is -2.13. The largest absolute Gasteiger partial charge is 0.322 e. The van der Waals surface area contributed by atoms with Gasteiger partial charge in [-0.2, -0.15) is 0 Å². The summed E-state index contributed by atoms with van der Waals surface area (Å²) < 4.78 is 1.57. The van der Waals surface area contributed by atoms with Crippen molar-refractivity contribution in [2.24, 2.45) is 0 Å². The summed E-state index contributed by atoms with van der Waals surface area (Å²) in [6.45, 7) is 5.94. The first-order chi connectivity index (χ1) is 11.1. The normalized spacial score (nSPS) is 10.6. The number of benzene rings is 2. The van der Waals surface area contributed by atoms with E-state index in [0.717, 1.165) is 28.1 Å². The van der Waals surface area contributed by atoms with Gasteiger partial charge in [-0.25, -0.2) is 4.68 Å². The second-order valence-electron chi connectivity index (χ2n) is 5.46. The lowest BCUT2D eigenvalue weighted by molar-refractivity contribution is 0.102. The Morgan fingerprint density at radius 3 is 2.61 bits per heavy atom. The summed E-state index contributed by atoms with van der Waals surface area (Å²) in [6.07, 6.45) is 1.53. The number of hydrogen-bond acceptors (Lipinski definition) is 4. The van der Waals surface area contributed by atoms with Crippen LogP contribution in [-0.4, -0.2) is 26.1 Å². The predicted octanol–water partition coefficient (Wildman–Crippen LogP) is 2.84. The van der Waals surface area contributed by atoms with Crippen molar-refractivity contribution in [3.63, 3.8) is 0 Å². The third kappa shape index (κ3) is 2.96. The predicted molar refractivity (Wildman–Crippen MR) is 87.8 cm³/mol. The van der Waals surface area contributed by atoms with Crippen LogP contribution in [-0.2, 0) is 0 Å². The van der Waals surface area contributed by atoms with Crippen molar-refractivity contribution < 1.29 is 4.79 Å². The van der Waals surface area contributed by atoms with Gasteiger partial charge >= 0.3 is 0 Å². The quantitative estimate of drug-likeness (QED) is 0.807. The van der Waals surface area contributed by atoms with Gasteiger partial charge in [-0.1, -0.05) is 12.1 Å². The average molecular weight is 307 g/mol. The molecular formula is C17H17N5O. The Kier molecular flexibility index (Phi) is 3.89. The van der Waals surface area contributed by atoms with Crippen molar-refractivity contribution in [1.29, 1.82) is 0 Å². The molecule has 116 valence electrons. The maximum absolute atomic E-state index is 12.5. The number of carbonyl (C=O) groups is 1. The number of aromatic nitrogens is 4. The summed E-state index contributed by atoms with van der Waals surface area (Å²) in [5.74, 6) is -0.134. The van der Waals surface area contributed by atoms with E-state index in [4.69, 9.17) is 0 Å². The number of hydrogen-bond donors (Lipinski definition) is 1. The van der Waals surface area contributed by atoms with Crippen LogP contribution in [0.15, 0.2) is 42.7 Å². The van der Waals surface area contributed by atoms with E-state index in [2.05, 4.69) is 20.8 Å². The van der Waals surface area contributed by atoms with E-state index in [-0.39, 0.29) is 5.91 Å². The SMILES string of the molecule is Cc1cc(C(=O)Nc2cccc(C)c2C)ccc1-n1cnnn1. The van der Waals surface area contributed by atoms with Crippen molar-refractivity contribution in [3.8, 4) is 5.69 Å². The first kappa shape index (κ1) is 14.9. The van der Waals surface area contributed by atoms with Gasteiger partial charge < -0.3 is 5.32 Å². The third-order valence-corrected chi connectivity index (χ3v) is 3.91. The number of tetrazole rings is 1. The number of nitrogens with one attached hydrogen (secondary N) is 1. The summed E-state index contributed by atoms with van der Waals surface area (Å²) in [7, 11) is 0. The van der Waals surface area contributed by atoms with Crippen LogP contribution in [0.2, 0.25) is 0 Å². The summed E-state index contributed by atoms with van der Waals surface area (Å²) in [4.78, 5) is 12.5. The van der Waals surface area contributed by atoms with Gasteiger partial charge in [-0.3, -0.25) is 4.79 Å². The Morgan fingerprint density at radius 2 is 1.91 bits per heavy atom. The van der Waals surface area contributed by atoms with E-state index in [1.54, 1.807) is 10.7 Å². The van der Waals surface area contributed by atoms with E-state index < -0.39 is 0 Å². The number of aryl methyl sites for hydroxylation is 2. The highest BCUT2D eigenvalue weighted by Gasteiger charge is 2.11. The molecule has 0 aliphatic rings. The van der Waals surface area contributed by atoms with Crippen LogP contribution in [0.25, 0.3) is 5.69 Å². The van der Waals surface area contributed by atoms with Gasteiger partial charge in [-0.15, -0.1) is 5.10 Å². The van der Waals surface area contributed by atoms with Crippen molar-refractivity contribution in [2.75, 3.05) is 5.32 Å². The van der Waals surface area contributed by atoms with Crippen molar-refractivity contribution >= 4 is 11.6 Å². The first-order valence-corrected chi connectivity index (χ1v) is 7.28. The van der Waals surface area contributed by atoms with Crippen molar-refractivity contribution in [2.45, 2.75) is 20.8 Å². The maximum atomic E-state index is 12.5.